The second-order valence-corrected chi connectivity index (χ2v) is 5.13. The third-order valence-electron chi connectivity index (χ3n) is 3.88. The fourth-order valence-corrected chi connectivity index (χ4v) is 2.76. The molecule has 0 amide bonds. The lowest BCUT2D eigenvalue weighted by Crippen LogP contribution is -2.36. The van der Waals surface area contributed by atoms with Crippen LogP contribution >= 0.6 is 0 Å². The van der Waals surface area contributed by atoms with Crippen LogP contribution in [0.2, 0.25) is 0 Å². The van der Waals surface area contributed by atoms with E-state index in [4.69, 9.17) is 4.74 Å². The minimum Gasteiger partial charge on any atom is -0.378 e. The number of nitrogens with one attached hydrogen (secondary N) is 1. The van der Waals surface area contributed by atoms with Crippen LogP contribution in [0.4, 0.5) is 5.69 Å². The van der Waals surface area contributed by atoms with Gasteiger partial charge in [-0.1, -0.05) is 0 Å². The maximum atomic E-state index is 5.41. The number of fused-ring (bicyclic) bond motifs is 1. The van der Waals surface area contributed by atoms with E-state index in [9.17, 15) is 0 Å². The van der Waals surface area contributed by atoms with Gasteiger partial charge >= 0.3 is 0 Å². The highest BCUT2D eigenvalue weighted by molar-refractivity contribution is 5.95. The van der Waals surface area contributed by atoms with Crippen molar-refractivity contribution in [3.63, 3.8) is 0 Å². The third kappa shape index (κ3) is 2.25. The summed E-state index contributed by atoms with van der Waals surface area (Å²) in [5, 5.41) is 1.14. The summed E-state index contributed by atoms with van der Waals surface area (Å²) in [4.78, 5) is 14.2. The zero-order valence-electron chi connectivity index (χ0n) is 11.6. The van der Waals surface area contributed by atoms with Crippen molar-refractivity contribution >= 4 is 16.7 Å². The number of aromatic nitrogens is 3. The summed E-state index contributed by atoms with van der Waals surface area (Å²) in [6, 6.07) is 6.24. The zero-order chi connectivity index (χ0) is 14.1. The monoisotopic (exact) mass is 280 g/mol. The molecule has 1 aliphatic heterocycles. The standard InChI is InChI=1S/C16H16N4O/c1-3-17-4-2-12(1)15-11-19-16-14(15)9-13(10-18-16)20-5-7-21-8-6-20/h1-4,9-11H,5-8H2,(H,18,19). The fourth-order valence-electron chi connectivity index (χ4n) is 2.76. The average Bonchev–Trinajstić information content (AvgIpc) is 2.99. The zero-order valence-corrected chi connectivity index (χ0v) is 11.6. The van der Waals surface area contributed by atoms with Gasteiger partial charge in [0.1, 0.15) is 5.65 Å². The van der Waals surface area contributed by atoms with Gasteiger partial charge in [-0.25, -0.2) is 4.98 Å². The van der Waals surface area contributed by atoms with Crippen molar-refractivity contribution in [3.8, 4) is 11.1 Å². The lowest BCUT2D eigenvalue weighted by Gasteiger charge is -2.28. The molecule has 1 fully saturated rings. The maximum Gasteiger partial charge on any atom is 0.138 e. The summed E-state index contributed by atoms with van der Waals surface area (Å²) in [7, 11) is 0. The first-order valence-electron chi connectivity index (χ1n) is 7.12. The highest BCUT2D eigenvalue weighted by atomic mass is 16.5. The van der Waals surface area contributed by atoms with Gasteiger partial charge in [-0.05, 0) is 23.8 Å². The van der Waals surface area contributed by atoms with Crippen LogP contribution in [0.25, 0.3) is 22.2 Å². The number of rotatable bonds is 2. The molecule has 106 valence electrons. The van der Waals surface area contributed by atoms with Crippen molar-refractivity contribution in [3.05, 3.63) is 43.0 Å². The molecule has 5 nitrogen and oxygen atoms in total. The molecule has 0 atom stereocenters. The highest BCUT2D eigenvalue weighted by Crippen LogP contribution is 2.30. The van der Waals surface area contributed by atoms with Gasteiger partial charge in [0.05, 0.1) is 25.1 Å². The van der Waals surface area contributed by atoms with Gasteiger partial charge in [-0.2, -0.15) is 0 Å². The molecule has 0 saturated carbocycles. The maximum absolute atomic E-state index is 5.41. The van der Waals surface area contributed by atoms with Gasteiger partial charge in [-0.3, -0.25) is 4.98 Å². The number of H-pyrrole nitrogens is 1. The van der Waals surface area contributed by atoms with Crippen molar-refractivity contribution in [1.29, 1.82) is 0 Å². The molecule has 5 heteroatoms. The summed E-state index contributed by atoms with van der Waals surface area (Å²) in [6.07, 6.45) is 7.57. The van der Waals surface area contributed by atoms with Gasteiger partial charge in [0.2, 0.25) is 0 Å². The topological polar surface area (TPSA) is 54.0 Å². The Kier molecular flexibility index (Phi) is 3.05. The van der Waals surface area contributed by atoms with Crippen LogP contribution in [0, 0.1) is 0 Å². The Hall–Kier alpha value is -2.40. The number of nitrogens with zero attached hydrogens (tertiary/aromatic N) is 3. The molecule has 0 unspecified atom stereocenters. The summed E-state index contributed by atoms with van der Waals surface area (Å²) in [5.74, 6) is 0. The third-order valence-corrected chi connectivity index (χ3v) is 3.88. The molecule has 0 spiro atoms. The van der Waals surface area contributed by atoms with Crippen molar-refractivity contribution < 1.29 is 4.74 Å². The van der Waals surface area contributed by atoms with E-state index in [0.29, 0.717) is 0 Å². The normalized spacial score (nSPS) is 15.5. The summed E-state index contributed by atoms with van der Waals surface area (Å²) in [6.45, 7) is 3.40. The van der Waals surface area contributed by atoms with E-state index < -0.39 is 0 Å². The fraction of sp³-hybridized carbons (Fsp3) is 0.250. The molecule has 0 radical (unpaired) electrons. The van der Waals surface area contributed by atoms with E-state index in [2.05, 4.69) is 25.9 Å². The molecule has 4 heterocycles. The van der Waals surface area contributed by atoms with Gasteiger partial charge in [0.25, 0.3) is 0 Å². The SMILES string of the molecule is c1cc(-c2c[nH]c3ncc(N4CCOCC4)cc23)ccn1. The predicted octanol–water partition coefficient (Wildman–Crippen LogP) is 2.46. The minimum absolute atomic E-state index is 0.780. The minimum atomic E-state index is 0.780. The number of morpholine rings is 1. The van der Waals surface area contributed by atoms with Crippen LogP contribution in [0.15, 0.2) is 43.0 Å². The first-order chi connectivity index (χ1) is 10.4. The summed E-state index contributed by atoms with van der Waals surface area (Å²) < 4.78 is 5.41. The van der Waals surface area contributed by atoms with Gasteiger partial charge in [-0.15, -0.1) is 0 Å². The van der Waals surface area contributed by atoms with Crippen LogP contribution in [0.5, 0.6) is 0 Å². The van der Waals surface area contributed by atoms with Crippen LogP contribution in [0.1, 0.15) is 0 Å². The first-order valence-corrected chi connectivity index (χ1v) is 7.12. The van der Waals surface area contributed by atoms with Crippen molar-refractivity contribution in [2.75, 3.05) is 31.2 Å². The Labute approximate surface area is 122 Å². The molecule has 4 rings (SSSR count). The quantitative estimate of drug-likeness (QED) is 0.783. The van der Waals surface area contributed by atoms with E-state index in [1.165, 1.54) is 0 Å². The number of hydrogen-bond donors (Lipinski definition) is 1. The smallest absolute Gasteiger partial charge is 0.138 e. The van der Waals surface area contributed by atoms with Crippen molar-refractivity contribution in [1.82, 2.24) is 15.0 Å². The Balaban J connectivity index is 1.79. The van der Waals surface area contributed by atoms with E-state index in [-0.39, 0.29) is 0 Å². The molecule has 0 aromatic carbocycles. The second kappa shape index (κ2) is 5.18. The van der Waals surface area contributed by atoms with E-state index in [0.717, 1.165) is 54.2 Å². The summed E-state index contributed by atoms with van der Waals surface area (Å²) in [5.41, 5.74) is 4.38. The van der Waals surface area contributed by atoms with Crippen LogP contribution < -0.4 is 4.90 Å². The molecule has 3 aromatic rings. The number of aromatic amines is 1. The average molecular weight is 280 g/mol. The van der Waals surface area contributed by atoms with Gasteiger partial charge < -0.3 is 14.6 Å². The van der Waals surface area contributed by atoms with Crippen LogP contribution in [-0.2, 0) is 4.74 Å². The van der Waals surface area contributed by atoms with Gasteiger partial charge in [0.15, 0.2) is 0 Å². The van der Waals surface area contributed by atoms with Crippen molar-refractivity contribution in [2.24, 2.45) is 0 Å². The number of anilines is 1. The molecule has 1 aliphatic rings. The first kappa shape index (κ1) is 12.3. The molecule has 1 N–H and O–H groups in total. The van der Waals surface area contributed by atoms with Gasteiger partial charge in [0, 0.05) is 42.6 Å². The summed E-state index contributed by atoms with van der Waals surface area (Å²) >= 11 is 0. The Morgan fingerprint density at radius 3 is 2.76 bits per heavy atom. The van der Waals surface area contributed by atoms with E-state index >= 15 is 0 Å². The number of ether oxygens (including phenoxy) is 1. The molecule has 0 aliphatic carbocycles. The van der Waals surface area contributed by atoms with E-state index in [1.54, 1.807) is 0 Å². The molecule has 3 aromatic heterocycles. The Morgan fingerprint density at radius 1 is 1.14 bits per heavy atom. The second-order valence-electron chi connectivity index (χ2n) is 5.13. The lowest BCUT2D eigenvalue weighted by atomic mass is 10.1. The number of hydrogen-bond acceptors (Lipinski definition) is 4. The molecular weight excluding hydrogens is 264 g/mol. The largest absolute Gasteiger partial charge is 0.378 e. The van der Waals surface area contributed by atoms with Crippen LogP contribution in [0.3, 0.4) is 0 Å². The highest BCUT2D eigenvalue weighted by Gasteiger charge is 2.14. The Morgan fingerprint density at radius 2 is 1.95 bits per heavy atom. The molecule has 0 bridgehead atoms. The Bertz CT molecular complexity index is 747. The van der Waals surface area contributed by atoms with Crippen LogP contribution in [-0.4, -0.2) is 41.3 Å². The molecule has 21 heavy (non-hydrogen) atoms. The molecular formula is C16H16N4O. The lowest BCUT2D eigenvalue weighted by molar-refractivity contribution is 0.122. The van der Waals surface area contributed by atoms with E-state index in [1.807, 2.05) is 36.9 Å². The predicted molar refractivity (Wildman–Crippen MR) is 82.4 cm³/mol. The molecule has 1 saturated heterocycles. The number of pyridine rings is 2. The van der Waals surface area contributed by atoms with Crippen molar-refractivity contribution in [2.45, 2.75) is 0 Å².